The number of benzene rings is 4. The molecule has 1 fully saturated rings. The van der Waals surface area contributed by atoms with Gasteiger partial charge in [0, 0.05) is 5.39 Å². The van der Waals surface area contributed by atoms with Crippen LogP contribution in [0.4, 0.5) is 5.69 Å². The summed E-state index contributed by atoms with van der Waals surface area (Å²) >= 11 is 0. The van der Waals surface area contributed by atoms with Crippen molar-refractivity contribution < 1.29 is 34.0 Å². The minimum atomic E-state index is -1.04. The van der Waals surface area contributed by atoms with E-state index in [4.69, 9.17) is 14.2 Å². The minimum Gasteiger partial charge on any atom is -0.507 e. The maximum absolute atomic E-state index is 13.7. The molecule has 1 unspecified atom stereocenters. The zero-order valence-corrected chi connectivity index (χ0v) is 21.7. The van der Waals surface area contributed by atoms with Gasteiger partial charge in [-0.3, -0.25) is 14.5 Å². The van der Waals surface area contributed by atoms with E-state index in [-0.39, 0.29) is 22.6 Å². The first kappa shape index (κ1) is 25.7. The fourth-order valence-electron chi connectivity index (χ4n) is 4.93. The summed E-state index contributed by atoms with van der Waals surface area (Å²) < 4.78 is 16.4. The highest BCUT2D eigenvalue weighted by atomic mass is 16.5. The summed E-state index contributed by atoms with van der Waals surface area (Å²) in [7, 11) is 2.93. The number of amides is 1. The Bertz CT molecular complexity index is 1620. The maximum atomic E-state index is 13.7. The number of carbonyl (C=O) groups excluding carboxylic acids is 2. The molecule has 8 heteroatoms. The smallest absolute Gasteiger partial charge is 0.300 e. The molecule has 0 radical (unpaired) electrons. The molecule has 198 valence electrons. The van der Waals surface area contributed by atoms with E-state index in [9.17, 15) is 19.8 Å². The first-order valence-electron chi connectivity index (χ1n) is 12.4. The summed E-state index contributed by atoms with van der Waals surface area (Å²) in [4.78, 5) is 28.8. The average molecular weight is 526 g/mol. The van der Waals surface area contributed by atoms with E-state index in [1.165, 1.54) is 25.2 Å². The number of ether oxygens (including phenoxy) is 3. The van der Waals surface area contributed by atoms with Crippen molar-refractivity contribution in [1.29, 1.82) is 0 Å². The number of hydrogen-bond acceptors (Lipinski definition) is 7. The van der Waals surface area contributed by atoms with Gasteiger partial charge in [-0.15, -0.1) is 0 Å². The highest BCUT2D eigenvalue weighted by molar-refractivity contribution is 6.52. The third kappa shape index (κ3) is 4.40. The van der Waals surface area contributed by atoms with Gasteiger partial charge in [0.2, 0.25) is 0 Å². The summed E-state index contributed by atoms with van der Waals surface area (Å²) in [5.41, 5.74) is 1.03. The number of methoxy groups -OCH3 is 2. The quantitative estimate of drug-likeness (QED) is 0.184. The molecule has 2 N–H and O–H groups in total. The molecule has 5 rings (SSSR count). The van der Waals surface area contributed by atoms with Crippen LogP contribution in [-0.2, 0) is 9.59 Å². The van der Waals surface area contributed by atoms with Crippen molar-refractivity contribution in [3.05, 3.63) is 95.6 Å². The Kier molecular flexibility index (Phi) is 6.85. The Morgan fingerprint density at radius 3 is 2.41 bits per heavy atom. The van der Waals surface area contributed by atoms with Crippen LogP contribution in [0.2, 0.25) is 0 Å². The molecule has 0 bridgehead atoms. The summed E-state index contributed by atoms with van der Waals surface area (Å²) in [5.74, 6) is -1.24. The van der Waals surface area contributed by atoms with E-state index < -0.39 is 23.5 Å². The molecule has 0 saturated carbocycles. The number of anilines is 1. The van der Waals surface area contributed by atoms with Crippen LogP contribution in [0.5, 0.6) is 23.0 Å². The van der Waals surface area contributed by atoms with Crippen molar-refractivity contribution in [3.63, 3.8) is 0 Å². The van der Waals surface area contributed by atoms with Crippen LogP contribution >= 0.6 is 0 Å². The summed E-state index contributed by atoms with van der Waals surface area (Å²) in [6.45, 7) is 2.07. The molecule has 4 aromatic rings. The van der Waals surface area contributed by atoms with Gasteiger partial charge in [-0.25, -0.2) is 0 Å². The van der Waals surface area contributed by atoms with E-state index in [1.807, 2.05) is 36.4 Å². The zero-order valence-electron chi connectivity index (χ0n) is 21.7. The van der Waals surface area contributed by atoms with Gasteiger partial charge in [0.05, 0.1) is 43.7 Å². The number of phenols is 1. The van der Waals surface area contributed by atoms with Crippen molar-refractivity contribution in [2.45, 2.75) is 13.0 Å². The molecule has 1 atom stereocenters. The van der Waals surface area contributed by atoms with E-state index in [1.54, 1.807) is 43.3 Å². The summed E-state index contributed by atoms with van der Waals surface area (Å²) in [6.07, 6.45) is 0. The summed E-state index contributed by atoms with van der Waals surface area (Å²) in [5, 5.41) is 23.6. The van der Waals surface area contributed by atoms with Gasteiger partial charge < -0.3 is 24.4 Å². The number of rotatable bonds is 7. The predicted molar refractivity (Wildman–Crippen MR) is 148 cm³/mol. The standard InChI is InChI=1S/C31H27NO7/c1-4-39-26-16-19(12-14-24(26)33)28-27(29(34)22-17-20(37-2)13-15-25(22)38-3)30(35)31(36)32(28)23-11-7-9-18-8-5-6-10-21(18)23/h5-17,28,33-34H,4H2,1-3H3/b29-27+. The van der Waals surface area contributed by atoms with Gasteiger partial charge in [-0.2, -0.15) is 0 Å². The molecule has 8 nitrogen and oxygen atoms in total. The Hall–Kier alpha value is -4.98. The number of fused-ring (bicyclic) bond motifs is 1. The van der Waals surface area contributed by atoms with Crippen molar-refractivity contribution in [2.75, 3.05) is 25.7 Å². The number of nitrogens with zero attached hydrogens (tertiary/aromatic N) is 1. The molecule has 1 aliphatic rings. The lowest BCUT2D eigenvalue weighted by Gasteiger charge is -2.27. The van der Waals surface area contributed by atoms with E-state index in [0.717, 1.165) is 10.8 Å². The van der Waals surface area contributed by atoms with E-state index >= 15 is 0 Å². The van der Waals surface area contributed by atoms with Crippen LogP contribution in [0, 0.1) is 0 Å². The largest absolute Gasteiger partial charge is 0.507 e. The Labute approximate surface area is 225 Å². The van der Waals surface area contributed by atoms with Gasteiger partial charge >= 0.3 is 0 Å². The predicted octanol–water partition coefficient (Wildman–Crippen LogP) is 5.59. The van der Waals surface area contributed by atoms with Gasteiger partial charge in [-0.1, -0.05) is 42.5 Å². The van der Waals surface area contributed by atoms with Crippen LogP contribution in [0.15, 0.2) is 84.4 Å². The second-order valence-corrected chi connectivity index (χ2v) is 8.89. The third-order valence-corrected chi connectivity index (χ3v) is 6.73. The molecule has 1 heterocycles. The Morgan fingerprint density at radius 1 is 0.897 bits per heavy atom. The molecule has 0 aromatic heterocycles. The summed E-state index contributed by atoms with van der Waals surface area (Å²) in [6, 6.07) is 21.4. The molecule has 1 amide bonds. The first-order valence-corrected chi connectivity index (χ1v) is 12.4. The number of aliphatic hydroxyl groups is 1. The number of phenolic OH excluding ortho intramolecular Hbond substituents is 1. The van der Waals surface area contributed by atoms with E-state index in [0.29, 0.717) is 29.4 Å². The van der Waals surface area contributed by atoms with E-state index in [2.05, 4.69) is 0 Å². The van der Waals surface area contributed by atoms with Crippen molar-refractivity contribution in [1.82, 2.24) is 0 Å². The SMILES string of the molecule is CCOc1cc(C2/C(=C(\O)c3cc(OC)ccc3OC)C(=O)C(=O)N2c2cccc3ccccc23)ccc1O. The van der Waals surface area contributed by atoms with Crippen molar-refractivity contribution in [2.24, 2.45) is 0 Å². The molecule has 1 saturated heterocycles. The van der Waals surface area contributed by atoms with Crippen LogP contribution < -0.4 is 19.1 Å². The van der Waals surface area contributed by atoms with Gasteiger partial charge in [0.25, 0.3) is 11.7 Å². The highest BCUT2D eigenvalue weighted by Crippen LogP contribution is 2.46. The minimum absolute atomic E-state index is 0.0859. The van der Waals surface area contributed by atoms with Crippen LogP contribution in [-0.4, -0.2) is 42.7 Å². The normalized spacial score (nSPS) is 16.5. The topological polar surface area (TPSA) is 106 Å². The molecule has 4 aromatic carbocycles. The van der Waals surface area contributed by atoms with Crippen LogP contribution in [0.1, 0.15) is 24.1 Å². The highest BCUT2D eigenvalue weighted by Gasteiger charge is 2.48. The average Bonchev–Trinajstić information content (AvgIpc) is 3.23. The lowest BCUT2D eigenvalue weighted by molar-refractivity contribution is -0.132. The second kappa shape index (κ2) is 10.4. The number of aliphatic hydroxyl groups excluding tert-OH is 1. The zero-order chi connectivity index (χ0) is 27.7. The van der Waals surface area contributed by atoms with Crippen molar-refractivity contribution in [3.8, 4) is 23.0 Å². The molecule has 0 aliphatic carbocycles. The van der Waals surface area contributed by atoms with Crippen LogP contribution in [0.25, 0.3) is 16.5 Å². The fourth-order valence-corrected chi connectivity index (χ4v) is 4.93. The lowest BCUT2D eigenvalue weighted by atomic mass is 9.94. The third-order valence-electron chi connectivity index (χ3n) is 6.73. The monoisotopic (exact) mass is 525 g/mol. The number of aromatic hydroxyl groups is 1. The number of Topliss-reactive ketones (excluding diaryl/α,β-unsaturated/α-hetero) is 1. The molecule has 1 aliphatic heterocycles. The number of ketones is 1. The van der Waals surface area contributed by atoms with Crippen molar-refractivity contribution >= 4 is 33.9 Å². The molecular formula is C31H27NO7. The van der Waals surface area contributed by atoms with Gasteiger partial charge in [0.15, 0.2) is 11.5 Å². The number of hydrogen-bond donors (Lipinski definition) is 2. The first-order chi connectivity index (χ1) is 18.9. The van der Waals surface area contributed by atoms with Gasteiger partial charge in [-0.05, 0) is 54.3 Å². The lowest BCUT2D eigenvalue weighted by Crippen LogP contribution is -2.29. The fraction of sp³-hybridized carbons (Fsp3) is 0.161. The molecular weight excluding hydrogens is 498 g/mol. The Balaban J connectivity index is 1.81. The second-order valence-electron chi connectivity index (χ2n) is 8.89. The molecule has 0 spiro atoms. The maximum Gasteiger partial charge on any atom is 0.300 e. The van der Waals surface area contributed by atoms with Gasteiger partial charge in [0.1, 0.15) is 17.3 Å². The Morgan fingerprint density at radius 2 is 1.67 bits per heavy atom. The number of carbonyl (C=O) groups is 2. The molecule has 39 heavy (non-hydrogen) atoms. The van der Waals surface area contributed by atoms with Crippen LogP contribution in [0.3, 0.4) is 0 Å².